The molecule has 1 N–H and O–H groups in total. The van der Waals surface area contributed by atoms with Gasteiger partial charge in [0.25, 0.3) is 5.91 Å². The molecule has 0 saturated heterocycles. The summed E-state index contributed by atoms with van der Waals surface area (Å²) in [5.74, 6) is 1.31. The lowest BCUT2D eigenvalue weighted by atomic mass is 10.1. The Hall–Kier alpha value is -2.93. The average Bonchev–Trinajstić information content (AvgIpc) is 3.08. The van der Waals surface area contributed by atoms with Gasteiger partial charge >= 0.3 is 0 Å². The van der Waals surface area contributed by atoms with Crippen molar-refractivity contribution in [1.29, 1.82) is 0 Å². The van der Waals surface area contributed by atoms with Gasteiger partial charge in [-0.3, -0.25) is 10.1 Å². The quantitative estimate of drug-likeness (QED) is 0.619. The lowest BCUT2D eigenvalue weighted by molar-refractivity contribution is -0.118. The molecule has 0 aliphatic rings. The van der Waals surface area contributed by atoms with Gasteiger partial charge in [0, 0.05) is 6.42 Å². The molecule has 7 heteroatoms. The molecule has 1 aromatic heterocycles. The number of ether oxygens (including phenoxy) is 2. The number of carbonyl (C=O) groups excluding carboxylic acids is 1. The number of carbonyl (C=O) groups is 1. The minimum Gasteiger partial charge on any atom is -0.493 e. The minimum atomic E-state index is -0.263. The molecular weight excluding hydrogens is 374 g/mol. The topological polar surface area (TPSA) is 73.3 Å². The molecule has 6 nitrogen and oxygen atoms in total. The van der Waals surface area contributed by atoms with Crippen molar-refractivity contribution < 1.29 is 14.3 Å². The highest BCUT2D eigenvalue weighted by Gasteiger charge is 2.11. The van der Waals surface area contributed by atoms with Crippen molar-refractivity contribution in [3.05, 3.63) is 64.2 Å². The molecule has 1 heterocycles. The first-order valence-electron chi connectivity index (χ1n) is 9.02. The first-order valence-corrected chi connectivity index (χ1v) is 9.83. The molecule has 3 aromatic rings. The van der Waals surface area contributed by atoms with Crippen LogP contribution >= 0.6 is 11.3 Å². The number of benzene rings is 2. The molecule has 0 atom stereocenters. The van der Waals surface area contributed by atoms with Crippen LogP contribution in [-0.4, -0.2) is 29.3 Å². The van der Waals surface area contributed by atoms with E-state index in [9.17, 15) is 4.79 Å². The smallest absolute Gasteiger partial charge is 0.264 e. The largest absolute Gasteiger partial charge is 0.493 e. The Bertz CT molecular complexity index is 935. The van der Waals surface area contributed by atoms with E-state index in [1.54, 1.807) is 0 Å². The van der Waals surface area contributed by atoms with Gasteiger partial charge in [0.2, 0.25) is 5.13 Å². The minimum absolute atomic E-state index is 0.0723. The zero-order valence-corrected chi connectivity index (χ0v) is 17.0. The third-order valence-corrected chi connectivity index (χ3v) is 4.94. The van der Waals surface area contributed by atoms with Gasteiger partial charge < -0.3 is 9.47 Å². The van der Waals surface area contributed by atoms with Gasteiger partial charge in [0.1, 0.15) is 16.5 Å². The SMILES string of the molecule is Cc1cccc(OCCc2nnc(NC(=O)COc3c(C)cccc3C)s2)c1. The number of hydrogen-bond acceptors (Lipinski definition) is 6. The van der Waals surface area contributed by atoms with Gasteiger partial charge in [-0.05, 0) is 49.6 Å². The summed E-state index contributed by atoms with van der Waals surface area (Å²) in [6.45, 7) is 6.36. The maximum Gasteiger partial charge on any atom is 0.264 e. The van der Waals surface area contributed by atoms with Crippen LogP contribution in [0.4, 0.5) is 5.13 Å². The molecule has 0 spiro atoms. The summed E-state index contributed by atoms with van der Waals surface area (Å²) in [4.78, 5) is 12.1. The summed E-state index contributed by atoms with van der Waals surface area (Å²) in [6, 6.07) is 13.8. The van der Waals surface area contributed by atoms with E-state index in [1.807, 2.05) is 63.2 Å². The van der Waals surface area contributed by atoms with Crippen molar-refractivity contribution in [3.63, 3.8) is 0 Å². The third kappa shape index (κ3) is 5.53. The monoisotopic (exact) mass is 397 g/mol. The molecule has 28 heavy (non-hydrogen) atoms. The fourth-order valence-corrected chi connectivity index (χ4v) is 3.42. The number of aryl methyl sites for hydroxylation is 3. The van der Waals surface area contributed by atoms with Crippen molar-refractivity contribution in [2.24, 2.45) is 0 Å². The predicted octanol–water partition coefficient (Wildman–Crippen LogP) is 4.10. The van der Waals surface area contributed by atoms with E-state index in [0.29, 0.717) is 18.2 Å². The highest BCUT2D eigenvalue weighted by atomic mass is 32.1. The second-order valence-corrected chi connectivity index (χ2v) is 7.54. The van der Waals surface area contributed by atoms with Crippen molar-refractivity contribution in [2.45, 2.75) is 27.2 Å². The summed E-state index contributed by atoms with van der Waals surface area (Å²) in [5, 5.41) is 12.1. The molecule has 1 amide bonds. The molecule has 0 fully saturated rings. The van der Waals surface area contributed by atoms with Crippen molar-refractivity contribution in [1.82, 2.24) is 10.2 Å². The van der Waals surface area contributed by atoms with Crippen LogP contribution in [0.2, 0.25) is 0 Å². The number of nitrogens with one attached hydrogen (secondary N) is 1. The summed E-state index contributed by atoms with van der Waals surface area (Å²) in [7, 11) is 0. The Morgan fingerprint density at radius 3 is 2.54 bits per heavy atom. The molecular formula is C21H23N3O3S. The van der Waals surface area contributed by atoms with E-state index >= 15 is 0 Å². The predicted molar refractivity (Wildman–Crippen MR) is 110 cm³/mol. The lowest BCUT2D eigenvalue weighted by Crippen LogP contribution is -2.20. The molecule has 0 saturated carbocycles. The number of aromatic nitrogens is 2. The van der Waals surface area contributed by atoms with Crippen LogP contribution in [0.5, 0.6) is 11.5 Å². The van der Waals surface area contributed by atoms with Gasteiger partial charge in [-0.1, -0.05) is 41.7 Å². The Labute approximate surface area is 168 Å². The Balaban J connectivity index is 1.45. The fraction of sp³-hybridized carbons (Fsp3) is 0.286. The van der Waals surface area contributed by atoms with Gasteiger partial charge in [0.15, 0.2) is 6.61 Å². The highest BCUT2D eigenvalue weighted by molar-refractivity contribution is 7.15. The van der Waals surface area contributed by atoms with E-state index < -0.39 is 0 Å². The number of rotatable bonds is 8. The summed E-state index contributed by atoms with van der Waals surface area (Å²) in [6.07, 6.45) is 0.625. The molecule has 3 rings (SSSR count). The Morgan fingerprint density at radius 2 is 1.79 bits per heavy atom. The van der Waals surface area contributed by atoms with E-state index in [4.69, 9.17) is 9.47 Å². The maximum atomic E-state index is 12.1. The molecule has 0 radical (unpaired) electrons. The van der Waals surface area contributed by atoms with E-state index in [-0.39, 0.29) is 12.5 Å². The van der Waals surface area contributed by atoms with E-state index in [1.165, 1.54) is 11.3 Å². The van der Waals surface area contributed by atoms with Gasteiger partial charge in [0.05, 0.1) is 6.61 Å². The third-order valence-electron chi connectivity index (χ3n) is 4.04. The number of nitrogens with zero attached hydrogens (tertiary/aromatic N) is 2. The van der Waals surface area contributed by atoms with Gasteiger partial charge in [-0.2, -0.15) is 0 Å². The standard InChI is InChI=1S/C21H23N3O3S/c1-14-6-4-9-17(12-14)26-11-10-19-23-24-21(28-19)22-18(25)13-27-20-15(2)7-5-8-16(20)3/h4-9,12H,10-11,13H2,1-3H3,(H,22,24,25). The van der Waals surface area contributed by atoms with Crippen LogP contribution in [-0.2, 0) is 11.2 Å². The first kappa shape index (κ1) is 19.8. The summed E-state index contributed by atoms with van der Waals surface area (Å²) < 4.78 is 11.4. The second-order valence-electron chi connectivity index (χ2n) is 6.47. The normalized spacial score (nSPS) is 10.5. The number of amides is 1. The van der Waals surface area contributed by atoms with Crippen LogP contribution < -0.4 is 14.8 Å². The van der Waals surface area contributed by atoms with Gasteiger partial charge in [-0.15, -0.1) is 10.2 Å². The number of hydrogen-bond donors (Lipinski definition) is 1. The molecule has 146 valence electrons. The van der Waals surface area contributed by atoms with Crippen molar-refractivity contribution >= 4 is 22.4 Å². The lowest BCUT2D eigenvalue weighted by Gasteiger charge is -2.11. The van der Waals surface area contributed by atoms with Crippen LogP contribution in [0.15, 0.2) is 42.5 Å². The summed E-state index contributed by atoms with van der Waals surface area (Å²) in [5.41, 5.74) is 3.15. The molecule has 2 aromatic carbocycles. The Kier molecular flexibility index (Phi) is 6.60. The van der Waals surface area contributed by atoms with Crippen molar-refractivity contribution in [2.75, 3.05) is 18.5 Å². The van der Waals surface area contributed by atoms with E-state index in [0.717, 1.165) is 33.2 Å². The molecule has 0 unspecified atom stereocenters. The first-order chi connectivity index (χ1) is 13.5. The maximum absolute atomic E-state index is 12.1. The van der Waals surface area contributed by atoms with Crippen LogP contribution in [0, 0.1) is 20.8 Å². The van der Waals surface area contributed by atoms with Crippen molar-refractivity contribution in [3.8, 4) is 11.5 Å². The van der Waals surface area contributed by atoms with Crippen LogP contribution in [0.25, 0.3) is 0 Å². The van der Waals surface area contributed by atoms with E-state index in [2.05, 4.69) is 15.5 Å². The number of anilines is 1. The summed E-state index contributed by atoms with van der Waals surface area (Å²) >= 11 is 1.34. The van der Waals surface area contributed by atoms with Gasteiger partial charge in [-0.25, -0.2) is 0 Å². The molecule has 0 aliphatic carbocycles. The molecule has 0 aliphatic heterocycles. The zero-order valence-electron chi connectivity index (χ0n) is 16.2. The Morgan fingerprint density at radius 1 is 1.04 bits per heavy atom. The van der Waals surface area contributed by atoms with Crippen LogP contribution in [0.1, 0.15) is 21.7 Å². The highest BCUT2D eigenvalue weighted by Crippen LogP contribution is 2.22. The fourth-order valence-electron chi connectivity index (χ4n) is 2.69. The number of para-hydroxylation sites is 1. The zero-order chi connectivity index (χ0) is 19.9. The second kappa shape index (κ2) is 9.32. The average molecular weight is 398 g/mol. The van der Waals surface area contributed by atoms with Crippen LogP contribution in [0.3, 0.4) is 0 Å². The molecule has 0 bridgehead atoms.